The Morgan fingerprint density at radius 2 is 0.750 bits per heavy atom. The Bertz CT molecular complexity index is 433. The van der Waals surface area contributed by atoms with E-state index in [-0.39, 0.29) is 17.8 Å². The highest BCUT2D eigenvalue weighted by molar-refractivity contribution is 5.43. The summed E-state index contributed by atoms with van der Waals surface area (Å²) in [6, 6.07) is -2.39. The van der Waals surface area contributed by atoms with Crippen molar-refractivity contribution in [3.63, 3.8) is 0 Å². The van der Waals surface area contributed by atoms with Gasteiger partial charge in [0.15, 0.2) is 18.9 Å². The van der Waals surface area contributed by atoms with E-state index in [9.17, 15) is 0 Å². The summed E-state index contributed by atoms with van der Waals surface area (Å²) in [4.78, 5) is 11.9. The van der Waals surface area contributed by atoms with Crippen LogP contribution in [0.25, 0.3) is 0 Å². The quantitative estimate of drug-likeness (QED) is 0.208. The number of aromatic nitrogens is 3. The zero-order chi connectivity index (χ0) is 18.4. The van der Waals surface area contributed by atoms with E-state index in [1.165, 1.54) is 20.8 Å². The molecule has 9 N–H and O–H groups in total. The van der Waals surface area contributed by atoms with Crippen molar-refractivity contribution >= 4 is 17.8 Å². The zero-order valence-corrected chi connectivity index (χ0v) is 13.5. The minimum Gasteiger partial charge on any atom is -0.366 e. The van der Waals surface area contributed by atoms with Gasteiger partial charge in [0.05, 0.1) is 18.1 Å². The number of anilines is 3. The van der Waals surface area contributed by atoms with Crippen molar-refractivity contribution in [1.82, 2.24) is 15.0 Å². The minimum absolute atomic E-state index is 0.0325. The average molecular weight is 348 g/mol. The molecule has 1 aromatic rings. The van der Waals surface area contributed by atoms with Crippen LogP contribution in [-0.4, -0.2) is 82.6 Å². The van der Waals surface area contributed by atoms with E-state index >= 15 is 0 Å². The number of nitrogens with one attached hydrogen (secondary N) is 3. The van der Waals surface area contributed by atoms with Gasteiger partial charge in [0, 0.05) is 0 Å². The van der Waals surface area contributed by atoms with E-state index in [1.807, 2.05) is 0 Å². The Labute approximate surface area is 138 Å². The SMILES string of the molecule is CC(Nc1nc(NC(C)C(O)O)nc(NC(C)C(O)O)n1)C(O)O. The third-order valence-electron chi connectivity index (χ3n) is 3.05. The maximum atomic E-state index is 9.12. The van der Waals surface area contributed by atoms with Crippen LogP contribution in [0.15, 0.2) is 0 Å². The molecule has 1 heterocycles. The van der Waals surface area contributed by atoms with Gasteiger partial charge in [-0.3, -0.25) is 0 Å². The van der Waals surface area contributed by atoms with Crippen LogP contribution in [0.1, 0.15) is 20.8 Å². The van der Waals surface area contributed by atoms with Crippen LogP contribution in [0.4, 0.5) is 17.8 Å². The van der Waals surface area contributed by atoms with Crippen LogP contribution >= 0.6 is 0 Å². The molecule has 12 heteroatoms. The second-order valence-corrected chi connectivity index (χ2v) is 5.35. The van der Waals surface area contributed by atoms with Crippen LogP contribution in [0.2, 0.25) is 0 Å². The molecular weight excluding hydrogens is 324 g/mol. The zero-order valence-electron chi connectivity index (χ0n) is 13.5. The number of aliphatic hydroxyl groups excluding tert-OH is 3. The lowest BCUT2D eigenvalue weighted by Gasteiger charge is -2.20. The fraction of sp³-hybridized carbons (Fsp3) is 0.750. The number of aliphatic hydroxyl groups is 6. The average Bonchev–Trinajstić information content (AvgIpc) is 2.46. The Kier molecular flexibility index (Phi) is 7.47. The van der Waals surface area contributed by atoms with E-state index in [0.29, 0.717) is 0 Å². The number of hydrogen-bond acceptors (Lipinski definition) is 12. The molecule has 0 aliphatic heterocycles. The van der Waals surface area contributed by atoms with Gasteiger partial charge in [-0.15, -0.1) is 0 Å². The first-order chi connectivity index (χ1) is 11.1. The van der Waals surface area contributed by atoms with Gasteiger partial charge < -0.3 is 46.6 Å². The summed E-state index contributed by atoms with van der Waals surface area (Å²) < 4.78 is 0. The molecule has 1 rings (SSSR count). The van der Waals surface area contributed by atoms with E-state index in [2.05, 4.69) is 30.9 Å². The molecule has 12 nitrogen and oxygen atoms in total. The van der Waals surface area contributed by atoms with E-state index in [1.54, 1.807) is 0 Å². The van der Waals surface area contributed by atoms with Crippen LogP contribution in [0, 0.1) is 0 Å². The number of nitrogens with zero attached hydrogens (tertiary/aromatic N) is 3. The first-order valence-electron chi connectivity index (χ1n) is 7.24. The standard InChI is InChI=1S/C12H24N6O6/c1-4(7(19)20)13-10-16-11(14-5(2)8(21)22)18-12(17-10)15-6(3)9(23)24/h4-9,19-24H,1-3H3,(H3,13,14,15,16,17,18). The molecule has 0 saturated carbocycles. The van der Waals surface area contributed by atoms with Crippen LogP contribution in [0.3, 0.4) is 0 Å². The van der Waals surface area contributed by atoms with Crippen LogP contribution in [0.5, 0.6) is 0 Å². The Balaban J connectivity index is 3.04. The Morgan fingerprint density at radius 1 is 0.542 bits per heavy atom. The molecule has 0 aliphatic carbocycles. The van der Waals surface area contributed by atoms with Gasteiger partial charge >= 0.3 is 0 Å². The summed E-state index contributed by atoms with van der Waals surface area (Å²) in [5.41, 5.74) is 0. The minimum atomic E-state index is -1.66. The van der Waals surface area contributed by atoms with Crippen molar-refractivity contribution in [2.24, 2.45) is 0 Å². The third-order valence-corrected chi connectivity index (χ3v) is 3.05. The Hall–Kier alpha value is -1.83. The molecule has 0 fully saturated rings. The molecule has 3 unspecified atom stereocenters. The fourth-order valence-corrected chi connectivity index (χ4v) is 1.40. The molecule has 1 aromatic heterocycles. The lowest BCUT2D eigenvalue weighted by Crippen LogP contribution is -2.34. The molecule has 0 aliphatic rings. The molecule has 3 atom stereocenters. The molecule has 0 amide bonds. The summed E-state index contributed by atoms with van der Waals surface area (Å²) in [7, 11) is 0. The van der Waals surface area contributed by atoms with Gasteiger partial charge in [0.2, 0.25) is 17.8 Å². The van der Waals surface area contributed by atoms with Gasteiger partial charge in [0.25, 0.3) is 0 Å². The van der Waals surface area contributed by atoms with Gasteiger partial charge in [-0.2, -0.15) is 15.0 Å². The van der Waals surface area contributed by atoms with Gasteiger partial charge in [-0.25, -0.2) is 0 Å². The molecule has 138 valence electrons. The lowest BCUT2D eigenvalue weighted by atomic mass is 10.3. The summed E-state index contributed by atoms with van der Waals surface area (Å²) in [6.07, 6.45) is -4.98. The van der Waals surface area contributed by atoms with Crippen molar-refractivity contribution in [3.8, 4) is 0 Å². The first kappa shape index (κ1) is 20.2. The Morgan fingerprint density at radius 3 is 0.917 bits per heavy atom. The van der Waals surface area contributed by atoms with Crippen molar-refractivity contribution in [3.05, 3.63) is 0 Å². The van der Waals surface area contributed by atoms with E-state index < -0.39 is 37.0 Å². The van der Waals surface area contributed by atoms with Gasteiger partial charge in [-0.05, 0) is 20.8 Å². The molecule has 0 radical (unpaired) electrons. The highest BCUT2D eigenvalue weighted by Gasteiger charge is 2.18. The molecule has 0 aromatic carbocycles. The largest absolute Gasteiger partial charge is 0.366 e. The summed E-state index contributed by atoms with van der Waals surface area (Å²) >= 11 is 0. The number of hydrogen-bond donors (Lipinski definition) is 9. The lowest BCUT2D eigenvalue weighted by molar-refractivity contribution is -0.0496. The summed E-state index contributed by atoms with van der Waals surface area (Å²) in [5, 5.41) is 62.6. The van der Waals surface area contributed by atoms with Crippen LogP contribution < -0.4 is 16.0 Å². The smallest absolute Gasteiger partial charge is 0.229 e. The molecular formula is C12H24N6O6. The molecule has 0 bridgehead atoms. The monoisotopic (exact) mass is 348 g/mol. The van der Waals surface area contributed by atoms with Crippen molar-refractivity contribution in [1.29, 1.82) is 0 Å². The second kappa shape index (κ2) is 8.86. The highest BCUT2D eigenvalue weighted by atomic mass is 16.5. The molecule has 0 spiro atoms. The van der Waals surface area contributed by atoms with Crippen molar-refractivity contribution < 1.29 is 30.6 Å². The third kappa shape index (κ3) is 6.35. The van der Waals surface area contributed by atoms with Gasteiger partial charge in [-0.1, -0.05) is 0 Å². The van der Waals surface area contributed by atoms with Gasteiger partial charge in [0.1, 0.15) is 0 Å². The maximum absolute atomic E-state index is 9.12. The first-order valence-corrected chi connectivity index (χ1v) is 7.24. The highest BCUT2D eigenvalue weighted by Crippen LogP contribution is 2.13. The summed E-state index contributed by atoms with van der Waals surface area (Å²) in [6.45, 7) is 4.44. The maximum Gasteiger partial charge on any atom is 0.229 e. The van der Waals surface area contributed by atoms with E-state index in [4.69, 9.17) is 30.6 Å². The predicted octanol–water partition coefficient (Wildman–Crippen LogP) is -2.80. The molecule has 0 saturated heterocycles. The normalized spacial score (nSPS) is 15.5. The predicted molar refractivity (Wildman–Crippen MR) is 83.8 cm³/mol. The summed E-state index contributed by atoms with van der Waals surface area (Å²) in [5.74, 6) is -0.0976. The second-order valence-electron chi connectivity index (χ2n) is 5.35. The van der Waals surface area contributed by atoms with E-state index in [0.717, 1.165) is 0 Å². The van der Waals surface area contributed by atoms with Crippen molar-refractivity contribution in [2.75, 3.05) is 16.0 Å². The fourth-order valence-electron chi connectivity index (χ4n) is 1.40. The number of rotatable bonds is 9. The topological polar surface area (TPSA) is 196 Å². The van der Waals surface area contributed by atoms with Crippen molar-refractivity contribution in [2.45, 2.75) is 57.8 Å². The van der Waals surface area contributed by atoms with Crippen LogP contribution in [-0.2, 0) is 0 Å². The molecule has 24 heavy (non-hydrogen) atoms.